The molecule has 2 fully saturated rings. The first-order valence-electron chi connectivity index (χ1n) is 13.9. The van der Waals surface area contributed by atoms with Gasteiger partial charge in [-0.2, -0.15) is 4.31 Å². The summed E-state index contributed by atoms with van der Waals surface area (Å²) in [6, 6.07) is 10.1. The smallest absolute Gasteiger partial charge is 0.260 e. The summed E-state index contributed by atoms with van der Waals surface area (Å²) >= 11 is 7.81. The molecule has 216 valence electrons. The fourth-order valence-electron chi connectivity index (χ4n) is 5.64. The van der Waals surface area contributed by atoms with Gasteiger partial charge in [-0.05, 0) is 73.6 Å². The molecule has 2 aliphatic heterocycles. The molecule has 0 saturated carbocycles. The first-order valence-corrected chi connectivity index (χ1v) is 16.5. The number of hydrogen-bond acceptors (Lipinski definition) is 7. The van der Waals surface area contributed by atoms with Crippen molar-refractivity contribution in [3.05, 3.63) is 52.5 Å². The van der Waals surface area contributed by atoms with E-state index in [9.17, 15) is 13.2 Å². The monoisotopic (exact) mass is 604 g/mol. The second-order valence-corrected chi connectivity index (χ2v) is 14.4. The van der Waals surface area contributed by atoms with Crippen LogP contribution in [0, 0.1) is 18.8 Å². The molecule has 5 rings (SSSR count). The van der Waals surface area contributed by atoms with Crippen LogP contribution in [0.2, 0.25) is 5.02 Å². The van der Waals surface area contributed by atoms with E-state index in [1.165, 1.54) is 11.3 Å². The van der Waals surface area contributed by atoms with Crippen molar-refractivity contribution in [1.82, 2.24) is 14.2 Å². The highest BCUT2D eigenvalue weighted by molar-refractivity contribution is 7.89. The highest BCUT2D eigenvalue weighted by atomic mass is 35.5. The number of piperidine rings is 1. The van der Waals surface area contributed by atoms with Crippen LogP contribution in [0.15, 0.2) is 41.3 Å². The van der Waals surface area contributed by atoms with Crippen LogP contribution in [-0.4, -0.2) is 81.0 Å². The predicted octanol–water partition coefficient (Wildman–Crippen LogP) is 5.29. The summed E-state index contributed by atoms with van der Waals surface area (Å²) in [6.07, 6.45) is 1.80. The molecule has 2 aromatic carbocycles. The zero-order valence-corrected chi connectivity index (χ0v) is 25.7. The van der Waals surface area contributed by atoms with Gasteiger partial charge in [-0.25, -0.2) is 13.4 Å². The van der Waals surface area contributed by atoms with Gasteiger partial charge >= 0.3 is 0 Å². The van der Waals surface area contributed by atoms with Crippen molar-refractivity contribution in [2.75, 3.05) is 57.4 Å². The minimum Gasteiger partial charge on any atom is -0.379 e. The second-order valence-electron chi connectivity index (χ2n) is 11.1. The zero-order valence-electron chi connectivity index (χ0n) is 23.3. The molecule has 3 aromatic rings. The van der Waals surface area contributed by atoms with E-state index < -0.39 is 10.0 Å². The van der Waals surface area contributed by atoms with Gasteiger partial charge in [0.1, 0.15) is 0 Å². The number of halogens is 1. The molecule has 2 saturated heterocycles. The summed E-state index contributed by atoms with van der Waals surface area (Å²) in [5, 5.41) is 1.25. The Hall–Kier alpha value is -2.08. The predicted molar refractivity (Wildman–Crippen MR) is 161 cm³/mol. The molecule has 11 heteroatoms. The minimum atomic E-state index is -3.63. The standard InChI is InChI=1S/C29H37ClN4O4S2/c1-20-17-21(2)19-33(18-20)40(36,37)24-7-5-23(6-8-24)28(35)34(12-4-11-32-13-15-38-16-14-32)29-31-27-22(3)25(30)9-10-26(27)39-29/h5-10,20-21H,4,11-19H2,1-3H3. The topological polar surface area (TPSA) is 83.0 Å². The molecule has 1 aromatic heterocycles. The maximum Gasteiger partial charge on any atom is 0.260 e. The number of sulfonamides is 1. The highest BCUT2D eigenvalue weighted by Gasteiger charge is 2.32. The Balaban J connectivity index is 1.39. The number of benzene rings is 2. The summed E-state index contributed by atoms with van der Waals surface area (Å²) < 4.78 is 34.7. The van der Waals surface area contributed by atoms with Crippen LogP contribution < -0.4 is 4.90 Å². The lowest BCUT2D eigenvalue weighted by Gasteiger charge is -2.34. The maximum atomic E-state index is 13.9. The Morgan fingerprint density at radius 3 is 2.45 bits per heavy atom. The van der Waals surface area contributed by atoms with E-state index in [1.807, 2.05) is 19.1 Å². The van der Waals surface area contributed by atoms with Gasteiger partial charge < -0.3 is 4.74 Å². The number of nitrogens with zero attached hydrogens (tertiary/aromatic N) is 4. The third-order valence-corrected chi connectivity index (χ3v) is 11.0. The minimum absolute atomic E-state index is 0.200. The lowest BCUT2D eigenvalue weighted by molar-refractivity contribution is 0.0376. The lowest BCUT2D eigenvalue weighted by atomic mass is 9.94. The average Bonchev–Trinajstić information content (AvgIpc) is 3.38. The van der Waals surface area contributed by atoms with Gasteiger partial charge in [-0.3, -0.25) is 14.6 Å². The van der Waals surface area contributed by atoms with Crippen LogP contribution in [0.3, 0.4) is 0 Å². The molecule has 1 amide bonds. The summed E-state index contributed by atoms with van der Waals surface area (Å²) in [5.41, 5.74) is 2.11. The molecular formula is C29H37ClN4O4S2. The van der Waals surface area contributed by atoms with Gasteiger partial charge in [0.25, 0.3) is 5.91 Å². The number of hydrogen-bond donors (Lipinski definition) is 0. The number of aromatic nitrogens is 1. The molecule has 0 aliphatic carbocycles. The van der Waals surface area contributed by atoms with Crippen molar-refractivity contribution in [1.29, 1.82) is 0 Å². The quantitative estimate of drug-likeness (QED) is 0.347. The number of carbonyl (C=O) groups excluding carboxylic acids is 1. The largest absolute Gasteiger partial charge is 0.379 e. The number of anilines is 1. The van der Waals surface area contributed by atoms with E-state index in [-0.39, 0.29) is 10.8 Å². The van der Waals surface area contributed by atoms with E-state index >= 15 is 0 Å². The van der Waals surface area contributed by atoms with Gasteiger partial charge in [0.05, 0.1) is 28.3 Å². The Kier molecular flexibility index (Phi) is 9.14. The molecule has 0 N–H and O–H groups in total. The van der Waals surface area contributed by atoms with E-state index in [1.54, 1.807) is 33.5 Å². The third kappa shape index (κ3) is 6.37. The summed E-state index contributed by atoms with van der Waals surface area (Å²) in [6.45, 7) is 11.7. The number of thiazole rings is 1. The molecule has 0 bridgehead atoms. The number of morpholine rings is 1. The summed E-state index contributed by atoms with van der Waals surface area (Å²) in [5.74, 6) is 0.435. The molecule has 0 spiro atoms. The van der Waals surface area contributed by atoms with Crippen molar-refractivity contribution in [2.24, 2.45) is 11.8 Å². The lowest BCUT2D eigenvalue weighted by Crippen LogP contribution is -2.42. The Bertz CT molecular complexity index is 1440. The van der Waals surface area contributed by atoms with Gasteiger partial charge in [-0.1, -0.05) is 36.8 Å². The average molecular weight is 605 g/mol. The van der Waals surface area contributed by atoms with Crippen LogP contribution in [0.25, 0.3) is 10.2 Å². The molecule has 2 aliphatic rings. The second kappa shape index (κ2) is 12.4. The normalized spacial score (nSPS) is 21.1. The number of rotatable bonds is 8. The zero-order chi connectivity index (χ0) is 28.4. The Morgan fingerprint density at radius 2 is 1.77 bits per heavy atom. The number of aryl methyl sites for hydroxylation is 1. The molecular weight excluding hydrogens is 568 g/mol. The number of fused-ring (bicyclic) bond motifs is 1. The molecule has 40 heavy (non-hydrogen) atoms. The van der Waals surface area contributed by atoms with E-state index in [0.29, 0.717) is 47.2 Å². The van der Waals surface area contributed by atoms with E-state index in [0.717, 1.165) is 61.5 Å². The third-order valence-electron chi connectivity index (χ3n) is 7.75. The molecule has 3 heterocycles. The molecule has 2 unspecified atom stereocenters. The Morgan fingerprint density at radius 1 is 1.10 bits per heavy atom. The van der Waals surface area contributed by atoms with Crippen molar-refractivity contribution < 1.29 is 17.9 Å². The van der Waals surface area contributed by atoms with Gasteiger partial charge in [0.2, 0.25) is 10.0 Å². The fraction of sp³-hybridized carbons (Fsp3) is 0.517. The van der Waals surface area contributed by atoms with Gasteiger partial charge in [0, 0.05) is 49.9 Å². The van der Waals surface area contributed by atoms with Crippen LogP contribution in [0.5, 0.6) is 0 Å². The van der Waals surface area contributed by atoms with Crippen molar-refractivity contribution >= 4 is 54.2 Å². The van der Waals surface area contributed by atoms with Crippen molar-refractivity contribution in [3.8, 4) is 0 Å². The maximum absolute atomic E-state index is 13.9. The number of carbonyl (C=O) groups is 1. The van der Waals surface area contributed by atoms with Crippen molar-refractivity contribution in [2.45, 2.75) is 38.5 Å². The Labute approximate surface area is 245 Å². The molecule has 2 atom stereocenters. The van der Waals surface area contributed by atoms with Gasteiger partial charge in [0.15, 0.2) is 5.13 Å². The van der Waals surface area contributed by atoms with E-state index in [2.05, 4.69) is 18.7 Å². The first kappa shape index (κ1) is 29.4. The molecule has 0 radical (unpaired) electrons. The highest BCUT2D eigenvalue weighted by Crippen LogP contribution is 2.34. The summed E-state index contributed by atoms with van der Waals surface area (Å²) in [4.78, 5) is 23.0. The van der Waals surface area contributed by atoms with Crippen LogP contribution in [0.4, 0.5) is 5.13 Å². The van der Waals surface area contributed by atoms with Crippen LogP contribution in [0.1, 0.15) is 42.6 Å². The van der Waals surface area contributed by atoms with Crippen LogP contribution >= 0.6 is 22.9 Å². The number of amides is 1. The fourth-order valence-corrected chi connectivity index (χ4v) is 8.52. The van der Waals surface area contributed by atoms with Gasteiger partial charge in [-0.15, -0.1) is 0 Å². The van der Waals surface area contributed by atoms with Crippen molar-refractivity contribution in [3.63, 3.8) is 0 Å². The number of ether oxygens (including phenoxy) is 1. The first-order chi connectivity index (χ1) is 19.1. The SMILES string of the molecule is Cc1c(Cl)ccc2sc(N(CCCN3CCOCC3)C(=O)c3ccc(S(=O)(=O)N4CC(C)CC(C)C4)cc3)nc12. The van der Waals surface area contributed by atoms with E-state index in [4.69, 9.17) is 21.3 Å². The molecule has 8 nitrogen and oxygen atoms in total. The summed E-state index contributed by atoms with van der Waals surface area (Å²) in [7, 11) is -3.63. The van der Waals surface area contributed by atoms with Crippen LogP contribution in [-0.2, 0) is 14.8 Å².